The van der Waals surface area contributed by atoms with E-state index in [1.165, 1.54) is 0 Å². The summed E-state index contributed by atoms with van der Waals surface area (Å²) >= 11 is 0. The van der Waals surface area contributed by atoms with E-state index in [9.17, 15) is 4.79 Å². The second kappa shape index (κ2) is 5.26. The molecule has 1 atom stereocenters. The maximum atomic E-state index is 12.3. The number of ether oxygens (including phenoxy) is 3. The fourth-order valence-corrected chi connectivity index (χ4v) is 2.54. The molecule has 5 nitrogen and oxygen atoms in total. The highest BCUT2D eigenvalue weighted by atomic mass is 16.5. The fraction of sp³-hybridized carbons (Fsp3) is 0.235. The molecule has 1 amide bonds. The maximum absolute atomic E-state index is 12.3. The van der Waals surface area contributed by atoms with E-state index in [-0.39, 0.29) is 5.91 Å². The summed E-state index contributed by atoms with van der Waals surface area (Å²) in [6, 6.07) is 12.6. The van der Waals surface area contributed by atoms with Gasteiger partial charge in [-0.1, -0.05) is 12.1 Å². The van der Waals surface area contributed by atoms with Crippen molar-refractivity contribution in [3.8, 4) is 17.2 Å². The average Bonchev–Trinajstić information content (AvgIpc) is 2.54. The van der Waals surface area contributed by atoms with Gasteiger partial charge in [-0.15, -0.1) is 0 Å². The zero-order chi connectivity index (χ0) is 15.7. The Balaban J connectivity index is 2.03. The number of carbonyl (C=O) groups excluding carboxylic acids is 1. The monoisotopic (exact) mass is 299 g/mol. The molecular formula is C17H17NO4. The molecule has 1 aliphatic rings. The van der Waals surface area contributed by atoms with Crippen molar-refractivity contribution >= 4 is 5.91 Å². The highest BCUT2D eigenvalue weighted by Gasteiger charge is 2.37. The lowest BCUT2D eigenvalue weighted by atomic mass is 10.0. The number of amides is 1. The number of nitrogens with one attached hydrogen (secondary N) is 1. The summed E-state index contributed by atoms with van der Waals surface area (Å²) < 4.78 is 16.6. The van der Waals surface area contributed by atoms with Crippen LogP contribution in [-0.4, -0.2) is 20.1 Å². The highest BCUT2D eigenvalue weighted by Crippen LogP contribution is 2.36. The lowest BCUT2D eigenvalue weighted by Crippen LogP contribution is -2.51. The van der Waals surface area contributed by atoms with Gasteiger partial charge in [0.15, 0.2) is 11.5 Å². The Kier molecular flexibility index (Phi) is 3.41. The molecular weight excluding hydrogens is 282 g/mol. The SMILES string of the molecule is COc1ccc(C2(C)NC(=O)c3ccccc3O2)cc1OC. The van der Waals surface area contributed by atoms with Gasteiger partial charge >= 0.3 is 0 Å². The van der Waals surface area contributed by atoms with Crippen LogP contribution in [0.3, 0.4) is 0 Å². The van der Waals surface area contributed by atoms with Crippen molar-refractivity contribution in [1.29, 1.82) is 0 Å². The number of hydrogen-bond donors (Lipinski definition) is 1. The van der Waals surface area contributed by atoms with Crippen LogP contribution in [0.1, 0.15) is 22.8 Å². The van der Waals surface area contributed by atoms with Gasteiger partial charge in [-0.05, 0) is 37.3 Å². The van der Waals surface area contributed by atoms with Crippen molar-refractivity contribution < 1.29 is 19.0 Å². The van der Waals surface area contributed by atoms with E-state index in [4.69, 9.17) is 14.2 Å². The molecule has 0 radical (unpaired) electrons. The van der Waals surface area contributed by atoms with Crippen molar-refractivity contribution in [1.82, 2.24) is 5.32 Å². The normalized spacial score (nSPS) is 19.7. The van der Waals surface area contributed by atoms with Crippen LogP contribution < -0.4 is 19.5 Å². The summed E-state index contributed by atoms with van der Waals surface area (Å²) in [5.74, 6) is 1.60. The predicted octanol–water partition coefficient (Wildman–Crippen LogP) is 2.70. The zero-order valence-electron chi connectivity index (χ0n) is 12.7. The molecule has 1 heterocycles. The van der Waals surface area contributed by atoms with Crippen LogP contribution >= 0.6 is 0 Å². The molecule has 0 fully saturated rings. The number of methoxy groups -OCH3 is 2. The number of benzene rings is 2. The zero-order valence-corrected chi connectivity index (χ0v) is 12.7. The Morgan fingerprint density at radius 1 is 1.05 bits per heavy atom. The maximum Gasteiger partial charge on any atom is 0.258 e. The molecule has 0 saturated heterocycles. The van der Waals surface area contributed by atoms with Crippen molar-refractivity contribution in [2.24, 2.45) is 0 Å². The fourth-order valence-electron chi connectivity index (χ4n) is 2.54. The summed E-state index contributed by atoms with van der Waals surface area (Å²) in [6.07, 6.45) is 0. The van der Waals surface area contributed by atoms with E-state index in [1.54, 1.807) is 44.6 Å². The predicted molar refractivity (Wildman–Crippen MR) is 81.4 cm³/mol. The third-order valence-electron chi connectivity index (χ3n) is 3.73. The quantitative estimate of drug-likeness (QED) is 0.946. The van der Waals surface area contributed by atoms with Crippen molar-refractivity contribution in [3.05, 3.63) is 53.6 Å². The van der Waals surface area contributed by atoms with Crippen LogP contribution in [0.4, 0.5) is 0 Å². The van der Waals surface area contributed by atoms with Crippen molar-refractivity contribution in [3.63, 3.8) is 0 Å². The van der Waals surface area contributed by atoms with E-state index >= 15 is 0 Å². The van der Waals surface area contributed by atoms with Crippen LogP contribution in [0.5, 0.6) is 17.2 Å². The molecule has 0 bridgehead atoms. The second-order valence-electron chi connectivity index (χ2n) is 5.16. The standard InChI is InChI=1S/C17H17NO4/c1-17(11-8-9-14(20-2)15(10-11)21-3)18-16(19)12-6-4-5-7-13(12)22-17/h4-10H,1-3H3,(H,18,19). The summed E-state index contributed by atoms with van der Waals surface area (Å²) in [5.41, 5.74) is 0.332. The Labute approximate surface area is 128 Å². The minimum absolute atomic E-state index is 0.167. The molecule has 2 aromatic carbocycles. The van der Waals surface area contributed by atoms with Gasteiger partial charge in [0.2, 0.25) is 5.72 Å². The van der Waals surface area contributed by atoms with E-state index < -0.39 is 5.72 Å². The van der Waals surface area contributed by atoms with Gasteiger partial charge in [0, 0.05) is 5.56 Å². The average molecular weight is 299 g/mol. The molecule has 3 rings (SSSR count). The Morgan fingerprint density at radius 2 is 1.77 bits per heavy atom. The molecule has 1 unspecified atom stereocenters. The first-order chi connectivity index (χ1) is 10.6. The number of rotatable bonds is 3. The Morgan fingerprint density at radius 3 is 2.50 bits per heavy atom. The van der Waals surface area contributed by atoms with Crippen LogP contribution in [0.15, 0.2) is 42.5 Å². The molecule has 5 heteroatoms. The largest absolute Gasteiger partial charge is 0.493 e. The van der Waals surface area contributed by atoms with E-state index in [0.29, 0.717) is 22.8 Å². The van der Waals surface area contributed by atoms with Gasteiger partial charge in [-0.3, -0.25) is 4.79 Å². The molecule has 1 aliphatic heterocycles. The van der Waals surface area contributed by atoms with Crippen LogP contribution in [0, 0.1) is 0 Å². The molecule has 0 aromatic heterocycles. The second-order valence-corrected chi connectivity index (χ2v) is 5.16. The van der Waals surface area contributed by atoms with Gasteiger partial charge in [-0.25, -0.2) is 0 Å². The molecule has 22 heavy (non-hydrogen) atoms. The molecule has 2 aromatic rings. The van der Waals surface area contributed by atoms with Crippen molar-refractivity contribution in [2.45, 2.75) is 12.6 Å². The summed E-state index contributed by atoms with van der Waals surface area (Å²) in [4.78, 5) is 12.3. The van der Waals surface area contributed by atoms with Gasteiger partial charge in [0.25, 0.3) is 5.91 Å². The smallest absolute Gasteiger partial charge is 0.258 e. The first-order valence-corrected chi connectivity index (χ1v) is 6.90. The number of carbonyl (C=O) groups is 1. The molecule has 0 aliphatic carbocycles. The molecule has 0 saturated carbocycles. The molecule has 0 spiro atoms. The van der Waals surface area contributed by atoms with Crippen LogP contribution in [0.2, 0.25) is 0 Å². The van der Waals surface area contributed by atoms with Gasteiger partial charge < -0.3 is 19.5 Å². The molecule has 1 N–H and O–H groups in total. The third kappa shape index (κ3) is 2.24. The first-order valence-electron chi connectivity index (χ1n) is 6.90. The number of para-hydroxylation sites is 1. The minimum Gasteiger partial charge on any atom is -0.493 e. The topological polar surface area (TPSA) is 56.8 Å². The van der Waals surface area contributed by atoms with Gasteiger partial charge in [0.05, 0.1) is 19.8 Å². The number of hydrogen-bond acceptors (Lipinski definition) is 4. The Bertz CT molecular complexity index is 728. The van der Waals surface area contributed by atoms with Crippen LogP contribution in [0.25, 0.3) is 0 Å². The summed E-state index contributed by atoms with van der Waals surface area (Å²) in [7, 11) is 3.15. The third-order valence-corrected chi connectivity index (χ3v) is 3.73. The minimum atomic E-state index is -0.967. The highest BCUT2D eigenvalue weighted by molar-refractivity contribution is 5.98. The van der Waals surface area contributed by atoms with Crippen LogP contribution in [-0.2, 0) is 5.72 Å². The lowest BCUT2D eigenvalue weighted by Gasteiger charge is -2.36. The first kappa shape index (κ1) is 14.3. The lowest BCUT2D eigenvalue weighted by molar-refractivity contribution is 0.0287. The number of fused-ring (bicyclic) bond motifs is 1. The van der Waals surface area contributed by atoms with Gasteiger partial charge in [-0.2, -0.15) is 0 Å². The van der Waals surface area contributed by atoms with E-state index in [0.717, 1.165) is 5.56 Å². The van der Waals surface area contributed by atoms with Gasteiger partial charge in [0.1, 0.15) is 5.75 Å². The van der Waals surface area contributed by atoms with E-state index in [1.807, 2.05) is 19.1 Å². The summed E-state index contributed by atoms with van der Waals surface area (Å²) in [6.45, 7) is 1.81. The molecule has 114 valence electrons. The Hall–Kier alpha value is -2.69. The van der Waals surface area contributed by atoms with Crippen molar-refractivity contribution in [2.75, 3.05) is 14.2 Å². The summed E-state index contributed by atoms with van der Waals surface area (Å²) in [5, 5.41) is 2.90. The van der Waals surface area contributed by atoms with E-state index in [2.05, 4.69) is 5.32 Å².